The van der Waals surface area contributed by atoms with Gasteiger partial charge < -0.3 is 0 Å². The molecule has 0 atom stereocenters. The molecule has 1 aromatic carbocycles. The van der Waals surface area contributed by atoms with Crippen molar-refractivity contribution in [2.24, 2.45) is 0 Å². The molecule has 1 nitrogen and oxygen atoms in total. The lowest BCUT2D eigenvalue weighted by Gasteiger charge is -2.23. The van der Waals surface area contributed by atoms with Gasteiger partial charge in [0, 0.05) is 11.8 Å². The fraction of sp³-hybridized carbons (Fsp3) is 0.462. The first kappa shape index (κ1) is 12.3. The second kappa shape index (κ2) is 5.36. The minimum atomic E-state index is -0.350. The molecular formula is C13H18OS. The minimum absolute atomic E-state index is 0.322. The summed E-state index contributed by atoms with van der Waals surface area (Å²) in [7, 11) is 0. The van der Waals surface area contributed by atoms with Gasteiger partial charge in [-0.15, -0.1) is 0 Å². The Balaban J connectivity index is 2.78. The van der Waals surface area contributed by atoms with Crippen LogP contribution in [0, 0.1) is 0 Å². The van der Waals surface area contributed by atoms with Gasteiger partial charge in [0.25, 0.3) is 0 Å². The predicted octanol–water partition coefficient (Wildman–Crippen LogP) is 3.29. The molecule has 0 bridgehead atoms. The van der Waals surface area contributed by atoms with E-state index >= 15 is 0 Å². The highest BCUT2D eigenvalue weighted by Gasteiger charge is 2.28. The quantitative estimate of drug-likeness (QED) is 0.760. The van der Waals surface area contributed by atoms with Crippen molar-refractivity contribution in [2.75, 3.05) is 12.0 Å². The summed E-state index contributed by atoms with van der Waals surface area (Å²) in [6.07, 6.45) is 2.69. The van der Waals surface area contributed by atoms with Gasteiger partial charge in [-0.1, -0.05) is 30.3 Å². The van der Waals surface area contributed by atoms with Crippen LogP contribution in [0.15, 0.2) is 30.3 Å². The summed E-state index contributed by atoms with van der Waals surface area (Å²) in [5.74, 6) is 1.23. The zero-order valence-electron chi connectivity index (χ0n) is 9.62. The molecule has 0 aliphatic rings. The van der Waals surface area contributed by atoms with E-state index in [-0.39, 0.29) is 5.41 Å². The molecule has 0 aliphatic carbocycles. The third kappa shape index (κ3) is 3.10. The topological polar surface area (TPSA) is 17.1 Å². The highest BCUT2D eigenvalue weighted by molar-refractivity contribution is 7.98. The van der Waals surface area contributed by atoms with Gasteiger partial charge in [0.1, 0.15) is 5.78 Å². The van der Waals surface area contributed by atoms with Crippen LogP contribution in [0.4, 0.5) is 0 Å². The first-order valence-electron chi connectivity index (χ1n) is 5.17. The average molecular weight is 222 g/mol. The number of hydrogen-bond acceptors (Lipinski definition) is 2. The molecule has 0 aromatic heterocycles. The van der Waals surface area contributed by atoms with Gasteiger partial charge in [-0.3, -0.25) is 4.79 Å². The Morgan fingerprint density at radius 2 is 1.87 bits per heavy atom. The minimum Gasteiger partial charge on any atom is -0.299 e. The van der Waals surface area contributed by atoms with Crippen molar-refractivity contribution in [3.05, 3.63) is 35.9 Å². The molecule has 0 saturated carbocycles. The molecule has 2 heteroatoms. The smallest absolute Gasteiger partial charge is 0.143 e. The summed E-state index contributed by atoms with van der Waals surface area (Å²) >= 11 is 1.72. The first-order chi connectivity index (χ1) is 7.09. The Hall–Kier alpha value is -0.760. The van der Waals surface area contributed by atoms with Crippen molar-refractivity contribution in [1.82, 2.24) is 0 Å². The summed E-state index contributed by atoms with van der Waals surface area (Å²) in [5, 5.41) is 0. The Labute approximate surface area is 96.3 Å². The molecular weight excluding hydrogens is 204 g/mol. The SMILES string of the molecule is CSCCC(=O)C(C)(C)c1ccccc1. The molecule has 0 heterocycles. The molecule has 82 valence electrons. The van der Waals surface area contributed by atoms with E-state index in [2.05, 4.69) is 0 Å². The number of thioether (sulfide) groups is 1. The molecule has 0 spiro atoms. The van der Waals surface area contributed by atoms with Crippen LogP contribution >= 0.6 is 11.8 Å². The lowest BCUT2D eigenvalue weighted by Crippen LogP contribution is -2.29. The first-order valence-corrected chi connectivity index (χ1v) is 6.56. The molecule has 0 radical (unpaired) electrons. The molecule has 0 fully saturated rings. The zero-order valence-corrected chi connectivity index (χ0v) is 10.4. The number of Topliss-reactive ketones (excluding diaryl/α,β-unsaturated/α-hetero) is 1. The van der Waals surface area contributed by atoms with Crippen molar-refractivity contribution < 1.29 is 4.79 Å². The van der Waals surface area contributed by atoms with Crippen LogP contribution in [0.1, 0.15) is 25.8 Å². The fourth-order valence-corrected chi connectivity index (χ4v) is 1.91. The van der Waals surface area contributed by atoms with E-state index in [9.17, 15) is 4.79 Å². The summed E-state index contributed by atoms with van der Waals surface area (Å²) < 4.78 is 0. The second-order valence-electron chi connectivity index (χ2n) is 4.16. The number of ketones is 1. The van der Waals surface area contributed by atoms with Gasteiger partial charge in [-0.25, -0.2) is 0 Å². The summed E-state index contributed by atoms with van der Waals surface area (Å²) in [6.45, 7) is 4.01. The molecule has 15 heavy (non-hydrogen) atoms. The van der Waals surface area contributed by atoms with Crippen LogP contribution in [0.3, 0.4) is 0 Å². The van der Waals surface area contributed by atoms with E-state index in [1.165, 1.54) is 0 Å². The number of rotatable bonds is 5. The molecule has 0 unspecified atom stereocenters. The lowest BCUT2D eigenvalue weighted by molar-refractivity contribution is -0.123. The standard InChI is InChI=1S/C13H18OS/c1-13(2,12(14)9-10-15-3)11-7-5-4-6-8-11/h4-8H,9-10H2,1-3H3. The maximum atomic E-state index is 12.0. The van der Waals surface area contributed by atoms with Crippen LogP contribution < -0.4 is 0 Å². The third-order valence-corrected chi connectivity index (χ3v) is 3.34. The van der Waals surface area contributed by atoms with Gasteiger partial charge in [0.2, 0.25) is 0 Å². The highest BCUT2D eigenvalue weighted by Crippen LogP contribution is 2.25. The van der Waals surface area contributed by atoms with Crippen molar-refractivity contribution in [3.8, 4) is 0 Å². The van der Waals surface area contributed by atoms with Gasteiger partial charge in [0.05, 0.1) is 0 Å². The Bertz CT molecular complexity index is 317. The van der Waals surface area contributed by atoms with E-state index < -0.39 is 0 Å². The van der Waals surface area contributed by atoms with Crippen LogP contribution in [-0.4, -0.2) is 17.8 Å². The van der Waals surface area contributed by atoms with E-state index in [4.69, 9.17) is 0 Å². The predicted molar refractivity (Wildman–Crippen MR) is 67.5 cm³/mol. The number of carbonyl (C=O) groups is 1. The zero-order chi connectivity index (χ0) is 11.3. The number of benzene rings is 1. The molecule has 1 rings (SSSR count). The molecule has 0 aliphatic heterocycles. The van der Waals surface area contributed by atoms with Crippen LogP contribution in [0.5, 0.6) is 0 Å². The number of carbonyl (C=O) groups excluding carboxylic acids is 1. The van der Waals surface area contributed by atoms with E-state index in [1.807, 2.05) is 50.4 Å². The van der Waals surface area contributed by atoms with Gasteiger partial charge >= 0.3 is 0 Å². The maximum absolute atomic E-state index is 12.0. The molecule has 0 saturated heterocycles. The summed E-state index contributed by atoms with van der Waals surface area (Å²) in [4.78, 5) is 12.0. The van der Waals surface area contributed by atoms with Crippen molar-refractivity contribution in [2.45, 2.75) is 25.7 Å². The Morgan fingerprint density at radius 1 is 1.27 bits per heavy atom. The van der Waals surface area contributed by atoms with Gasteiger partial charge in [-0.05, 0) is 31.4 Å². The van der Waals surface area contributed by atoms with Crippen molar-refractivity contribution in [3.63, 3.8) is 0 Å². The molecule has 1 aromatic rings. The summed E-state index contributed by atoms with van der Waals surface area (Å²) in [5.41, 5.74) is 0.757. The lowest BCUT2D eigenvalue weighted by atomic mass is 9.80. The fourth-order valence-electron chi connectivity index (χ4n) is 1.52. The van der Waals surface area contributed by atoms with Gasteiger partial charge in [-0.2, -0.15) is 11.8 Å². The normalized spacial score (nSPS) is 11.4. The Morgan fingerprint density at radius 3 is 2.40 bits per heavy atom. The average Bonchev–Trinajstić information content (AvgIpc) is 2.27. The van der Waals surface area contributed by atoms with E-state index in [1.54, 1.807) is 11.8 Å². The van der Waals surface area contributed by atoms with Gasteiger partial charge in [0.15, 0.2) is 0 Å². The second-order valence-corrected chi connectivity index (χ2v) is 5.14. The highest BCUT2D eigenvalue weighted by atomic mass is 32.2. The van der Waals surface area contributed by atoms with Crippen LogP contribution in [0.25, 0.3) is 0 Å². The van der Waals surface area contributed by atoms with Crippen LogP contribution in [0.2, 0.25) is 0 Å². The van der Waals surface area contributed by atoms with Crippen LogP contribution in [-0.2, 0) is 10.2 Å². The monoisotopic (exact) mass is 222 g/mol. The third-order valence-electron chi connectivity index (χ3n) is 2.73. The van der Waals surface area contributed by atoms with Crippen molar-refractivity contribution in [1.29, 1.82) is 0 Å². The van der Waals surface area contributed by atoms with Crippen molar-refractivity contribution >= 4 is 17.5 Å². The molecule has 0 amide bonds. The largest absolute Gasteiger partial charge is 0.299 e. The number of hydrogen-bond donors (Lipinski definition) is 0. The molecule has 0 N–H and O–H groups in total. The van der Waals surface area contributed by atoms with E-state index in [0.717, 1.165) is 11.3 Å². The Kier molecular flexibility index (Phi) is 4.40. The maximum Gasteiger partial charge on any atom is 0.143 e. The summed E-state index contributed by atoms with van der Waals surface area (Å²) in [6, 6.07) is 10.00. The van der Waals surface area contributed by atoms with E-state index in [0.29, 0.717) is 12.2 Å².